The molecular formula is C12H14F2N2O. The van der Waals surface area contributed by atoms with Gasteiger partial charge >= 0.3 is 0 Å². The van der Waals surface area contributed by atoms with Crippen LogP contribution in [0.4, 0.5) is 8.78 Å². The third kappa shape index (κ3) is 3.14. The minimum Gasteiger partial charge on any atom is -0.494 e. The second-order valence-electron chi connectivity index (χ2n) is 3.55. The molecule has 0 radical (unpaired) electrons. The van der Waals surface area contributed by atoms with Crippen molar-refractivity contribution in [2.75, 3.05) is 14.2 Å². The van der Waals surface area contributed by atoms with E-state index < -0.39 is 11.6 Å². The molecule has 0 heterocycles. The van der Waals surface area contributed by atoms with Crippen LogP contribution in [0.3, 0.4) is 0 Å². The van der Waals surface area contributed by atoms with E-state index in [1.807, 2.05) is 6.07 Å². The summed E-state index contributed by atoms with van der Waals surface area (Å²) in [5, 5.41) is 11.4. The van der Waals surface area contributed by atoms with Crippen LogP contribution in [0.25, 0.3) is 0 Å². The summed E-state index contributed by atoms with van der Waals surface area (Å²) >= 11 is 0. The summed E-state index contributed by atoms with van der Waals surface area (Å²) in [5.41, 5.74) is 0.209. The second kappa shape index (κ2) is 6.16. The van der Waals surface area contributed by atoms with Crippen LogP contribution in [0.15, 0.2) is 12.1 Å². The van der Waals surface area contributed by atoms with E-state index in [0.717, 1.165) is 12.1 Å². The fraction of sp³-hybridized carbons (Fsp3) is 0.417. The largest absolute Gasteiger partial charge is 0.494 e. The van der Waals surface area contributed by atoms with E-state index in [0.29, 0.717) is 6.42 Å². The molecule has 0 aromatic heterocycles. The summed E-state index contributed by atoms with van der Waals surface area (Å²) in [6.07, 6.45) is 0.703. The number of hydrogen-bond acceptors (Lipinski definition) is 3. The first-order valence-electron chi connectivity index (χ1n) is 5.21. The van der Waals surface area contributed by atoms with Gasteiger partial charge in [0.05, 0.1) is 13.2 Å². The lowest BCUT2D eigenvalue weighted by molar-refractivity contribution is 0.379. The lowest BCUT2D eigenvalue weighted by Gasteiger charge is -2.16. The highest BCUT2D eigenvalue weighted by atomic mass is 19.1. The molecular weight excluding hydrogens is 226 g/mol. The van der Waals surface area contributed by atoms with Gasteiger partial charge in [-0.1, -0.05) is 0 Å². The Morgan fingerprint density at radius 2 is 2.12 bits per heavy atom. The molecule has 0 aliphatic heterocycles. The van der Waals surface area contributed by atoms with Crippen LogP contribution in [0.2, 0.25) is 0 Å². The molecule has 5 heteroatoms. The van der Waals surface area contributed by atoms with Crippen molar-refractivity contribution in [3.8, 4) is 11.8 Å². The van der Waals surface area contributed by atoms with Gasteiger partial charge in [0.2, 0.25) is 0 Å². The third-order valence-corrected chi connectivity index (χ3v) is 2.54. The van der Waals surface area contributed by atoms with Crippen LogP contribution >= 0.6 is 0 Å². The van der Waals surface area contributed by atoms with Gasteiger partial charge in [-0.3, -0.25) is 0 Å². The minimum atomic E-state index is -0.610. The molecule has 17 heavy (non-hydrogen) atoms. The van der Waals surface area contributed by atoms with Crippen LogP contribution < -0.4 is 10.1 Å². The average Bonchev–Trinajstić information content (AvgIpc) is 2.33. The average molecular weight is 240 g/mol. The summed E-state index contributed by atoms with van der Waals surface area (Å²) in [4.78, 5) is 0. The molecule has 0 fully saturated rings. The van der Waals surface area contributed by atoms with E-state index in [1.54, 1.807) is 7.05 Å². The predicted molar refractivity (Wildman–Crippen MR) is 59.6 cm³/mol. The predicted octanol–water partition coefficient (Wildman–Crippen LogP) is 2.54. The number of nitriles is 1. The molecule has 1 unspecified atom stereocenters. The smallest absolute Gasteiger partial charge is 0.165 e. The zero-order valence-electron chi connectivity index (χ0n) is 9.76. The van der Waals surface area contributed by atoms with Gasteiger partial charge in [0.15, 0.2) is 11.6 Å². The first kappa shape index (κ1) is 13.4. The van der Waals surface area contributed by atoms with Crippen LogP contribution in [-0.2, 0) is 0 Å². The Morgan fingerprint density at radius 3 is 2.65 bits per heavy atom. The summed E-state index contributed by atoms with van der Waals surface area (Å²) in [7, 11) is 2.92. The Bertz CT molecular complexity index is 429. The quantitative estimate of drug-likeness (QED) is 0.860. The van der Waals surface area contributed by atoms with Gasteiger partial charge in [0.1, 0.15) is 5.82 Å². The number of nitrogens with zero attached hydrogens (tertiary/aromatic N) is 1. The van der Waals surface area contributed by atoms with Crippen LogP contribution in [-0.4, -0.2) is 14.2 Å². The summed E-state index contributed by atoms with van der Waals surface area (Å²) in [6.45, 7) is 0. The van der Waals surface area contributed by atoms with Crippen LogP contribution in [0, 0.1) is 23.0 Å². The Balaban J connectivity index is 3.04. The lowest BCUT2D eigenvalue weighted by atomic mass is 10.0. The first-order valence-corrected chi connectivity index (χ1v) is 5.21. The van der Waals surface area contributed by atoms with E-state index in [2.05, 4.69) is 10.1 Å². The Morgan fingerprint density at radius 1 is 1.41 bits per heavy atom. The van der Waals surface area contributed by atoms with Crippen molar-refractivity contribution in [1.82, 2.24) is 5.32 Å². The molecule has 0 aliphatic rings. The van der Waals surface area contributed by atoms with E-state index in [-0.39, 0.29) is 23.8 Å². The molecule has 0 saturated carbocycles. The molecule has 0 aliphatic carbocycles. The molecule has 0 spiro atoms. The summed E-state index contributed by atoms with van der Waals surface area (Å²) in [6, 6.07) is 3.72. The van der Waals surface area contributed by atoms with Gasteiger partial charge in [-0.2, -0.15) is 5.26 Å². The third-order valence-electron chi connectivity index (χ3n) is 2.54. The number of benzene rings is 1. The number of ether oxygens (including phenoxy) is 1. The van der Waals surface area contributed by atoms with Crippen molar-refractivity contribution < 1.29 is 13.5 Å². The fourth-order valence-corrected chi connectivity index (χ4v) is 1.63. The first-order chi connectivity index (χ1) is 8.13. The topological polar surface area (TPSA) is 45.0 Å². The maximum Gasteiger partial charge on any atom is 0.165 e. The standard InChI is InChI=1S/C12H14F2N2O/c1-16-11(4-3-5-15)8-6-10(14)12(17-2)7-9(8)13/h6-7,11,16H,3-4H2,1-2H3. The molecule has 0 amide bonds. The van der Waals surface area contributed by atoms with Crippen molar-refractivity contribution in [2.24, 2.45) is 0 Å². The SMILES string of the molecule is CNC(CCC#N)c1cc(F)c(OC)cc1F. The monoisotopic (exact) mass is 240 g/mol. The number of halogens is 2. The Kier molecular flexibility index (Phi) is 4.85. The Labute approximate surface area is 99.0 Å². The number of methoxy groups -OCH3 is 1. The van der Waals surface area contributed by atoms with Gasteiger partial charge in [-0.25, -0.2) is 8.78 Å². The molecule has 92 valence electrons. The van der Waals surface area contributed by atoms with E-state index in [1.165, 1.54) is 7.11 Å². The Hall–Kier alpha value is -1.67. The zero-order chi connectivity index (χ0) is 12.8. The lowest BCUT2D eigenvalue weighted by Crippen LogP contribution is -2.18. The summed E-state index contributed by atoms with van der Waals surface area (Å²) in [5.74, 6) is -1.27. The summed E-state index contributed by atoms with van der Waals surface area (Å²) < 4.78 is 31.9. The van der Waals surface area contributed by atoms with Crippen molar-refractivity contribution in [3.05, 3.63) is 29.3 Å². The minimum absolute atomic E-state index is 0.124. The molecule has 0 bridgehead atoms. The van der Waals surface area contributed by atoms with Crippen molar-refractivity contribution in [2.45, 2.75) is 18.9 Å². The highest BCUT2D eigenvalue weighted by Gasteiger charge is 2.17. The maximum atomic E-state index is 13.7. The molecule has 1 N–H and O–H groups in total. The van der Waals surface area contributed by atoms with Crippen LogP contribution in [0.1, 0.15) is 24.4 Å². The van der Waals surface area contributed by atoms with Crippen molar-refractivity contribution >= 4 is 0 Å². The second-order valence-corrected chi connectivity index (χ2v) is 3.55. The van der Waals surface area contributed by atoms with E-state index in [9.17, 15) is 8.78 Å². The molecule has 1 atom stereocenters. The van der Waals surface area contributed by atoms with Crippen LogP contribution in [0.5, 0.6) is 5.75 Å². The molecule has 0 saturated heterocycles. The molecule has 3 nitrogen and oxygen atoms in total. The van der Waals surface area contributed by atoms with Crippen molar-refractivity contribution in [1.29, 1.82) is 5.26 Å². The number of nitrogens with one attached hydrogen (secondary N) is 1. The number of rotatable bonds is 5. The molecule has 1 aromatic carbocycles. The molecule has 1 aromatic rings. The maximum absolute atomic E-state index is 13.7. The normalized spacial score (nSPS) is 11.9. The highest BCUT2D eigenvalue weighted by molar-refractivity contribution is 5.32. The number of hydrogen-bond donors (Lipinski definition) is 1. The van der Waals surface area contributed by atoms with E-state index >= 15 is 0 Å². The highest BCUT2D eigenvalue weighted by Crippen LogP contribution is 2.27. The van der Waals surface area contributed by atoms with Gasteiger partial charge in [0.25, 0.3) is 0 Å². The van der Waals surface area contributed by atoms with Crippen molar-refractivity contribution in [3.63, 3.8) is 0 Å². The van der Waals surface area contributed by atoms with Gasteiger partial charge in [-0.05, 0) is 19.5 Å². The van der Waals surface area contributed by atoms with Gasteiger partial charge in [-0.15, -0.1) is 0 Å². The molecule has 1 rings (SSSR count). The van der Waals surface area contributed by atoms with Gasteiger partial charge < -0.3 is 10.1 Å². The zero-order valence-corrected chi connectivity index (χ0v) is 9.76. The van der Waals surface area contributed by atoms with E-state index in [4.69, 9.17) is 5.26 Å². The van der Waals surface area contributed by atoms with Gasteiger partial charge in [0, 0.05) is 24.1 Å². The fourth-order valence-electron chi connectivity index (χ4n) is 1.63.